The minimum Gasteiger partial charge on any atom is -0.497 e. The van der Waals surface area contributed by atoms with Gasteiger partial charge < -0.3 is 24.3 Å². The molecule has 31 heavy (non-hydrogen) atoms. The number of nitrogens with one attached hydrogen (secondary N) is 1. The van der Waals surface area contributed by atoms with Crippen molar-refractivity contribution in [1.82, 2.24) is 14.8 Å². The van der Waals surface area contributed by atoms with Crippen LogP contribution in [0.15, 0.2) is 66.9 Å². The fraction of sp³-hybridized carbons (Fsp3) is 0.250. The molecule has 7 nitrogen and oxygen atoms in total. The number of aromatic nitrogens is 1. The van der Waals surface area contributed by atoms with Gasteiger partial charge >= 0.3 is 12.0 Å². The quantitative estimate of drug-likeness (QED) is 0.641. The van der Waals surface area contributed by atoms with E-state index in [2.05, 4.69) is 20.7 Å². The second kappa shape index (κ2) is 8.95. The van der Waals surface area contributed by atoms with Crippen molar-refractivity contribution in [2.24, 2.45) is 0 Å². The zero-order valence-electron chi connectivity index (χ0n) is 17.6. The number of hydrogen-bond acceptors (Lipinski definition) is 4. The molecule has 1 unspecified atom stereocenters. The number of carbonyl (C=O) groups excluding carboxylic acids is 2. The highest BCUT2D eigenvalue weighted by atomic mass is 16.5. The Kier molecular flexibility index (Phi) is 5.93. The average molecular weight is 419 g/mol. The van der Waals surface area contributed by atoms with Crippen molar-refractivity contribution >= 4 is 12.0 Å². The molecular formula is C24H25N3O4. The lowest BCUT2D eigenvalue weighted by molar-refractivity contribution is -0.140. The molecule has 0 saturated heterocycles. The van der Waals surface area contributed by atoms with Crippen molar-refractivity contribution in [2.45, 2.75) is 19.0 Å². The van der Waals surface area contributed by atoms with E-state index in [1.54, 1.807) is 12.0 Å². The zero-order valence-corrected chi connectivity index (χ0v) is 17.6. The normalized spacial score (nSPS) is 14.8. The molecule has 0 radical (unpaired) electrons. The topological polar surface area (TPSA) is 72.8 Å². The van der Waals surface area contributed by atoms with Gasteiger partial charge in [-0.25, -0.2) is 4.79 Å². The van der Waals surface area contributed by atoms with Gasteiger partial charge in [0, 0.05) is 18.4 Å². The van der Waals surface area contributed by atoms with Gasteiger partial charge in [-0.1, -0.05) is 30.3 Å². The molecule has 2 amide bonds. The predicted molar refractivity (Wildman–Crippen MR) is 116 cm³/mol. The summed E-state index contributed by atoms with van der Waals surface area (Å²) in [4.78, 5) is 26.6. The Morgan fingerprint density at radius 1 is 1.03 bits per heavy atom. The Morgan fingerprint density at radius 2 is 1.81 bits per heavy atom. The number of nitrogens with zero attached hydrogens (tertiary/aromatic N) is 2. The van der Waals surface area contributed by atoms with Crippen LogP contribution in [0.1, 0.15) is 29.3 Å². The largest absolute Gasteiger partial charge is 0.497 e. The maximum absolute atomic E-state index is 13.3. The molecule has 3 aromatic rings. The highest BCUT2D eigenvalue weighted by molar-refractivity contribution is 5.77. The van der Waals surface area contributed by atoms with Gasteiger partial charge in [-0.05, 0) is 41.5 Å². The van der Waals surface area contributed by atoms with Crippen molar-refractivity contribution in [3.63, 3.8) is 0 Å². The van der Waals surface area contributed by atoms with Crippen molar-refractivity contribution in [1.29, 1.82) is 0 Å². The fourth-order valence-electron chi connectivity index (χ4n) is 3.95. The summed E-state index contributed by atoms with van der Waals surface area (Å²) in [6.07, 6.45) is 2.14. The Labute approximate surface area is 181 Å². The molecule has 0 saturated carbocycles. The molecule has 0 bridgehead atoms. The minimum atomic E-state index is -0.359. The van der Waals surface area contributed by atoms with Crippen LogP contribution in [0.25, 0.3) is 5.69 Å². The first-order valence-electron chi connectivity index (χ1n) is 10.1. The Hall–Kier alpha value is -3.74. The summed E-state index contributed by atoms with van der Waals surface area (Å²) in [5.41, 5.74) is 4.04. The highest BCUT2D eigenvalue weighted by Gasteiger charge is 2.32. The third kappa shape index (κ3) is 4.12. The third-order valence-electron chi connectivity index (χ3n) is 5.49. The Bertz CT molecular complexity index is 1070. The van der Waals surface area contributed by atoms with Crippen LogP contribution in [0.4, 0.5) is 4.79 Å². The highest BCUT2D eigenvalue weighted by Crippen LogP contribution is 2.37. The van der Waals surface area contributed by atoms with Gasteiger partial charge in [-0.3, -0.25) is 4.79 Å². The number of hydrogen-bond donors (Lipinski definition) is 1. The molecule has 1 atom stereocenters. The summed E-state index contributed by atoms with van der Waals surface area (Å²) < 4.78 is 12.1. The standard InChI is InChI=1S/C24H25N3O4/c1-30-19-11-9-17(10-12-19)23-21-8-5-15-26(21)20-7-4-3-6-18(20)16-27(23)24(29)25-14-13-22(28)31-2/h3-12,15,23H,13-14,16H2,1-2H3,(H,25,29). The smallest absolute Gasteiger partial charge is 0.318 e. The van der Waals surface area contributed by atoms with Crippen LogP contribution in [-0.2, 0) is 16.1 Å². The molecule has 1 aromatic heterocycles. The summed E-state index contributed by atoms with van der Waals surface area (Å²) in [5.74, 6) is 0.396. The first-order chi connectivity index (χ1) is 15.1. The van der Waals surface area contributed by atoms with Gasteiger partial charge in [0.15, 0.2) is 0 Å². The molecule has 1 aliphatic heterocycles. The molecule has 1 aliphatic rings. The van der Waals surface area contributed by atoms with E-state index in [9.17, 15) is 9.59 Å². The van der Waals surface area contributed by atoms with Gasteiger partial charge in [0.05, 0.1) is 38.9 Å². The molecule has 4 rings (SSSR count). The molecule has 160 valence electrons. The minimum absolute atomic E-state index is 0.121. The summed E-state index contributed by atoms with van der Waals surface area (Å²) in [6, 6.07) is 19.3. The second-order valence-corrected chi connectivity index (χ2v) is 7.29. The van der Waals surface area contributed by atoms with E-state index in [4.69, 9.17) is 4.74 Å². The van der Waals surface area contributed by atoms with Gasteiger partial charge in [0.1, 0.15) is 5.75 Å². The van der Waals surface area contributed by atoms with Crippen LogP contribution in [0.2, 0.25) is 0 Å². The number of urea groups is 1. The number of amides is 2. The van der Waals surface area contributed by atoms with E-state index in [0.717, 1.165) is 28.3 Å². The number of methoxy groups -OCH3 is 2. The number of fused-ring (bicyclic) bond motifs is 3. The molecule has 0 fully saturated rings. The van der Waals surface area contributed by atoms with E-state index in [1.165, 1.54) is 7.11 Å². The average Bonchev–Trinajstić information content (AvgIpc) is 3.23. The number of benzene rings is 2. The van der Waals surface area contributed by atoms with Crippen LogP contribution < -0.4 is 10.1 Å². The van der Waals surface area contributed by atoms with Crippen molar-refractivity contribution in [3.05, 3.63) is 83.7 Å². The third-order valence-corrected chi connectivity index (χ3v) is 5.49. The first-order valence-corrected chi connectivity index (χ1v) is 10.1. The number of carbonyl (C=O) groups is 2. The number of rotatable bonds is 5. The van der Waals surface area contributed by atoms with Gasteiger partial charge in [-0.2, -0.15) is 0 Å². The summed E-state index contributed by atoms with van der Waals surface area (Å²) in [6.45, 7) is 0.638. The zero-order chi connectivity index (χ0) is 21.8. The maximum Gasteiger partial charge on any atom is 0.318 e. The summed E-state index contributed by atoms with van der Waals surface area (Å²) in [5, 5.41) is 2.87. The van der Waals surface area contributed by atoms with Crippen LogP contribution in [0, 0.1) is 0 Å². The van der Waals surface area contributed by atoms with Gasteiger partial charge in [0.2, 0.25) is 0 Å². The molecule has 1 N–H and O–H groups in total. The van der Waals surface area contributed by atoms with Crippen molar-refractivity contribution in [2.75, 3.05) is 20.8 Å². The summed E-state index contributed by atoms with van der Waals surface area (Å²) in [7, 11) is 2.97. The molecule has 7 heteroatoms. The SMILES string of the molecule is COC(=O)CCNC(=O)N1Cc2ccccc2-n2cccc2C1c1ccc(OC)cc1. The Morgan fingerprint density at radius 3 is 2.55 bits per heavy atom. The van der Waals surface area contributed by atoms with E-state index in [0.29, 0.717) is 6.54 Å². The van der Waals surface area contributed by atoms with Crippen LogP contribution in [0.5, 0.6) is 5.75 Å². The Balaban J connectivity index is 1.74. The van der Waals surface area contributed by atoms with E-state index >= 15 is 0 Å². The van der Waals surface area contributed by atoms with Gasteiger partial charge in [0.25, 0.3) is 0 Å². The number of esters is 1. The van der Waals surface area contributed by atoms with Crippen molar-refractivity contribution < 1.29 is 19.1 Å². The molecular weight excluding hydrogens is 394 g/mol. The van der Waals surface area contributed by atoms with E-state index in [1.807, 2.05) is 60.8 Å². The lowest BCUT2D eigenvalue weighted by Gasteiger charge is -2.31. The van der Waals surface area contributed by atoms with E-state index in [-0.39, 0.29) is 31.0 Å². The maximum atomic E-state index is 13.3. The lowest BCUT2D eigenvalue weighted by Crippen LogP contribution is -2.42. The lowest BCUT2D eigenvalue weighted by atomic mass is 10.0. The monoisotopic (exact) mass is 419 g/mol. The molecule has 2 aromatic carbocycles. The first kappa shape index (κ1) is 20.5. The summed E-state index contributed by atoms with van der Waals surface area (Å²) >= 11 is 0. The molecule has 2 heterocycles. The number of para-hydroxylation sites is 1. The fourth-order valence-corrected chi connectivity index (χ4v) is 3.95. The van der Waals surface area contributed by atoms with Crippen LogP contribution in [-0.4, -0.2) is 42.2 Å². The van der Waals surface area contributed by atoms with E-state index < -0.39 is 0 Å². The van der Waals surface area contributed by atoms with Crippen LogP contribution in [0.3, 0.4) is 0 Å². The predicted octanol–water partition coefficient (Wildman–Crippen LogP) is 3.66. The van der Waals surface area contributed by atoms with Gasteiger partial charge in [-0.15, -0.1) is 0 Å². The van der Waals surface area contributed by atoms with Crippen LogP contribution >= 0.6 is 0 Å². The number of ether oxygens (including phenoxy) is 2. The van der Waals surface area contributed by atoms with Crippen molar-refractivity contribution in [3.8, 4) is 11.4 Å². The molecule has 0 aliphatic carbocycles. The molecule has 0 spiro atoms. The second-order valence-electron chi connectivity index (χ2n) is 7.29.